The van der Waals surface area contributed by atoms with E-state index in [0.29, 0.717) is 0 Å². The molecule has 0 saturated heterocycles. The Labute approximate surface area is 97.0 Å². The summed E-state index contributed by atoms with van der Waals surface area (Å²) in [6.45, 7) is 0. The number of thiophene rings is 1. The zero-order chi connectivity index (χ0) is 9.42. The van der Waals surface area contributed by atoms with Crippen LogP contribution in [0, 0.1) is 0 Å². The molecule has 0 unspecified atom stereocenters. The highest BCUT2D eigenvalue weighted by molar-refractivity contribution is 9.11. The van der Waals surface area contributed by atoms with Gasteiger partial charge < -0.3 is 4.74 Å². The van der Waals surface area contributed by atoms with Crippen molar-refractivity contribution in [1.29, 1.82) is 0 Å². The second kappa shape index (κ2) is 3.59. The van der Waals surface area contributed by atoms with Gasteiger partial charge in [-0.2, -0.15) is 0 Å². The van der Waals surface area contributed by atoms with Crippen molar-refractivity contribution >= 4 is 53.3 Å². The van der Waals surface area contributed by atoms with Crippen LogP contribution in [0.15, 0.2) is 26.5 Å². The van der Waals surface area contributed by atoms with Crippen LogP contribution in [0.4, 0.5) is 0 Å². The first-order valence-electron chi connectivity index (χ1n) is 3.63. The van der Waals surface area contributed by atoms with Crippen LogP contribution in [-0.4, -0.2) is 7.11 Å². The Hall–Kier alpha value is -0.0600. The van der Waals surface area contributed by atoms with Crippen molar-refractivity contribution in [2.75, 3.05) is 7.11 Å². The molecule has 4 heteroatoms. The first-order chi connectivity index (χ1) is 6.24. The van der Waals surface area contributed by atoms with Crippen molar-refractivity contribution in [3.8, 4) is 5.75 Å². The monoisotopic (exact) mass is 320 g/mol. The highest BCUT2D eigenvalue weighted by Gasteiger charge is 2.09. The number of halogens is 2. The van der Waals surface area contributed by atoms with E-state index in [1.165, 1.54) is 10.1 Å². The van der Waals surface area contributed by atoms with E-state index in [-0.39, 0.29) is 0 Å². The van der Waals surface area contributed by atoms with Crippen LogP contribution in [0.25, 0.3) is 10.1 Å². The van der Waals surface area contributed by atoms with Crippen LogP contribution in [0.2, 0.25) is 0 Å². The molecule has 0 aliphatic heterocycles. The lowest BCUT2D eigenvalue weighted by Crippen LogP contribution is -1.82. The summed E-state index contributed by atoms with van der Waals surface area (Å²) in [5.41, 5.74) is 0. The van der Waals surface area contributed by atoms with Gasteiger partial charge >= 0.3 is 0 Å². The van der Waals surface area contributed by atoms with E-state index in [1.807, 2.05) is 12.1 Å². The molecule has 0 spiro atoms. The van der Waals surface area contributed by atoms with E-state index in [0.717, 1.165) is 14.7 Å². The molecule has 0 aliphatic rings. The molecule has 13 heavy (non-hydrogen) atoms. The van der Waals surface area contributed by atoms with E-state index >= 15 is 0 Å². The molecule has 0 aliphatic carbocycles. The number of methoxy groups -OCH3 is 1. The summed E-state index contributed by atoms with van der Waals surface area (Å²) in [6.07, 6.45) is 0. The van der Waals surface area contributed by atoms with Gasteiger partial charge in [0, 0.05) is 19.7 Å². The molecule has 1 aromatic carbocycles. The van der Waals surface area contributed by atoms with Gasteiger partial charge in [-0.05, 0) is 28.1 Å². The average molecular weight is 322 g/mol. The molecule has 2 rings (SSSR count). The minimum absolute atomic E-state index is 0.925. The Kier molecular flexibility index (Phi) is 2.62. The molecule has 1 aromatic heterocycles. The van der Waals surface area contributed by atoms with E-state index < -0.39 is 0 Å². The van der Waals surface area contributed by atoms with Gasteiger partial charge in [0.05, 0.1) is 11.8 Å². The molecule has 1 heterocycles. The van der Waals surface area contributed by atoms with Crippen LogP contribution in [0.5, 0.6) is 5.75 Å². The van der Waals surface area contributed by atoms with Gasteiger partial charge in [0.15, 0.2) is 0 Å². The van der Waals surface area contributed by atoms with Crippen LogP contribution in [-0.2, 0) is 0 Å². The number of ether oxygens (including phenoxy) is 1. The number of benzene rings is 1. The number of hydrogen-bond acceptors (Lipinski definition) is 2. The van der Waals surface area contributed by atoms with E-state index in [1.54, 1.807) is 18.4 Å². The first kappa shape index (κ1) is 9.49. The molecule has 0 radical (unpaired) electrons. The van der Waals surface area contributed by atoms with Crippen LogP contribution in [0.3, 0.4) is 0 Å². The summed E-state index contributed by atoms with van der Waals surface area (Å²) < 4.78 is 8.64. The highest BCUT2D eigenvalue weighted by atomic mass is 79.9. The maximum absolute atomic E-state index is 5.26. The molecular weight excluding hydrogens is 316 g/mol. The standard InChI is InChI=1S/C9H6Br2OS/c1-12-7-3-2-5(10)8-6(11)4-13-9(7)8/h2-4H,1H3. The lowest BCUT2D eigenvalue weighted by atomic mass is 10.2. The van der Waals surface area contributed by atoms with Gasteiger partial charge in [-0.15, -0.1) is 11.3 Å². The minimum Gasteiger partial charge on any atom is -0.495 e. The Morgan fingerprint density at radius 2 is 2.00 bits per heavy atom. The average Bonchev–Trinajstić information content (AvgIpc) is 2.50. The zero-order valence-corrected chi connectivity index (χ0v) is 10.8. The second-order valence-corrected chi connectivity index (χ2v) is 5.13. The quantitative estimate of drug-likeness (QED) is 0.754. The number of hydrogen-bond donors (Lipinski definition) is 0. The van der Waals surface area contributed by atoms with Gasteiger partial charge in [-0.3, -0.25) is 0 Å². The summed E-state index contributed by atoms with van der Waals surface area (Å²) in [7, 11) is 1.69. The number of rotatable bonds is 1. The van der Waals surface area contributed by atoms with Crippen molar-refractivity contribution in [1.82, 2.24) is 0 Å². The Bertz CT molecular complexity index is 450. The molecule has 0 N–H and O–H groups in total. The van der Waals surface area contributed by atoms with Gasteiger partial charge in [0.1, 0.15) is 5.75 Å². The fourth-order valence-electron chi connectivity index (χ4n) is 1.21. The second-order valence-electron chi connectivity index (χ2n) is 2.54. The van der Waals surface area contributed by atoms with Gasteiger partial charge in [-0.1, -0.05) is 15.9 Å². The topological polar surface area (TPSA) is 9.23 Å². The molecular formula is C9H6Br2OS. The molecule has 0 fully saturated rings. The predicted octanol–water partition coefficient (Wildman–Crippen LogP) is 4.43. The fraction of sp³-hybridized carbons (Fsp3) is 0.111. The molecule has 1 nitrogen and oxygen atoms in total. The smallest absolute Gasteiger partial charge is 0.136 e. The lowest BCUT2D eigenvalue weighted by molar-refractivity contribution is 0.420. The molecule has 0 bridgehead atoms. The molecule has 68 valence electrons. The first-order valence-corrected chi connectivity index (χ1v) is 6.10. The van der Waals surface area contributed by atoms with Gasteiger partial charge in [0.25, 0.3) is 0 Å². The summed E-state index contributed by atoms with van der Waals surface area (Å²) in [6, 6.07) is 3.97. The van der Waals surface area contributed by atoms with E-state index in [2.05, 4.69) is 37.2 Å². The molecule has 0 amide bonds. The maximum Gasteiger partial charge on any atom is 0.136 e. The third-order valence-electron chi connectivity index (χ3n) is 1.81. The Morgan fingerprint density at radius 1 is 1.23 bits per heavy atom. The van der Waals surface area contributed by atoms with Crippen molar-refractivity contribution in [3.05, 3.63) is 26.5 Å². The summed E-state index contributed by atoms with van der Waals surface area (Å²) >= 11 is 8.69. The van der Waals surface area contributed by atoms with Crippen molar-refractivity contribution < 1.29 is 4.74 Å². The predicted molar refractivity (Wildman–Crippen MR) is 63.8 cm³/mol. The summed E-state index contributed by atoms with van der Waals surface area (Å²) in [5.74, 6) is 0.925. The molecule has 0 saturated carbocycles. The van der Waals surface area contributed by atoms with Gasteiger partial charge in [0.2, 0.25) is 0 Å². The Morgan fingerprint density at radius 3 is 2.69 bits per heavy atom. The maximum atomic E-state index is 5.26. The third-order valence-corrected chi connectivity index (χ3v) is 4.39. The summed E-state index contributed by atoms with van der Waals surface area (Å²) in [5, 5.41) is 3.25. The van der Waals surface area contributed by atoms with E-state index in [9.17, 15) is 0 Å². The molecule has 0 atom stereocenters. The largest absolute Gasteiger partial charge is 0.495 e. The molecule has 2 aromatic rings. The van der Waals surface area contributed by atoms with Crippen molar-refractivity contribution in [3.63, 3.8) is 0 Å². The van der Waals surface area contributed by atoms with Crippen molar-refractivity contribution in [2.24, 2.45) is 0 Å². The van der Waals surface area contributed by atoms with Crippen LogP contribution < -0.4 is 4.74 Å². The lowest BCUT2D eigenvalue weighted by Gasteiger charge is -2.02. The normalized spacial score (nSPS) is 10.7. The Balaban J connectivity index is 2.87. The van der Waals surface area contributed by atoms with E-state index in [4.69, 9.17) is 4.74 Å². The minimum atomic E-state index is 0.925. The van der Waals surface area contributed by atoms with Crippen LogP contribution >= 0.6 is 43.2 Å². The van der Waals surface area contributed by atoms with Crippen molar-refractivity contribution in [2.45, 2.75) is 0 Å². The highest BCUT2D eigenvalue weighted by Crippen LogP contribution is 2.40. The SMILES string of the molecule is COc1ccc(Br)c2c(Br)csc12. The summed E-state index contributed by atoms with van der Waals surface area (Å²) in [4.78, 5) is 0. The zero-order valence-electron chi connectivity index (χ0n) is 6.80. The van der Waals surface area contributed by atoms with Gasteiger partial charge in [-0.25, -0.2) is 0 Å². The fourth-order valence-corrected chi connectivity index (χ4v) is 3.92. The number of fused-ring (bicyclic) bond motifs is 1. The van der Waals surface area contributed by atoms with Crippen LogP contribution in [0.1, 0.15) is 0 Å². The third kappa shape index (κ3) is 1.51.